The quantitative estimate of drug-likeness (QED) is 0.866. The van der Waals surface area contributed by atoms with Crippen molar-refractivity contribution in [2.45, 2.75) is 12.6 Å². The van der Waals surface area contributed by atoms with Gasteiger partial charge < -0.3 is 10.1 Å². The lowest BCUT2D eigenvalue weighted by Crippen LogP contribution is -2.25. The molecule has 1 aromatic heterocycles. The highest BCUT2D eigenvalue weighted by Gasteiger charge is 2.24. The molecule has 0 saturated heterocycles. The second kappa shape index (κ2) is 5.62. The first kappa shape index (κ1) is 13.7. The van der Waals surface area contributed by atoms with Crippen molar-refractivity contribution in [3.8, 4) is 18.1 Å². The van der Waals surface area contributed by atoms with Gasteiger partial charge in [-0.3, -0.25) is 4.79 Å². The van der Waals surface area contributed by atoms with E-state index in [1.165, 1.54) is 4.68 Å². The molecule has 0 amide bonds. The van der Waals surface area contributed by atoms with Gasteiger partial charge in [-0.05, 0) is 22.0 Å². The SMILES string of the molecule is C#CCn1ncc(NC2COc3ccccc32)c(Br)c1=O. The molecule has 0 fully saturated rings. The second-order valence-corrected chi connectivity index (χ2v) is 5.38. The number of hydrogen-bond donors (Lipinski definition) is 1. The maximum absolute atomic E-state index is 12.1. The number of halogens is 1. The third kappa shape index (κ3) is 2.52. The van der Waals surface area contributed by atoms with Crippen molar-refractivity contribution >= 4 is 21.6 Å². The van der Waals surface area contributed by atoms with Crippen LogP contribution in [0.3, 0.4) is 0 Å². The fourth-order valence-corrected chi connectivity index (χ4v) is 2.66. The number of terminal acetylenes is 1. The van der Waals surface area contributed by atoms with Crippen LogP contribution in [0.5, 0.6) is 5.75 Å². The fourth-order valence-electron chi connectivity index (χ4n) is 2.23. The van der Waals surface area contributed by atoms with E-state index in [1.807, 2.05) is 24.3 Å². The van der Waals surface area contributed by atoms with E-state index in [-0.39, 0.29) is 18.1 Å². The molecule has 1 unspecified atom stereocenters. The van der Waals surface area contributed by atoms with E-state index in [0.29, 0.717) is 16.8 Å². The molecule has 2 aromatic rings. The Balaban J connectivity index is 1.89. The highest BCUT2D eigenvalue weighted by atomic mass is 79.9. The molecule has 0 bridgehead atoms. The average Bonchev–Trinajstić information content (AvgIpc) is 2.90. The topological polar surface area (TPSA) is 56.1 Å². The van der Waals surface area contributed by atoms with Gasteiger partial charge in [0.1, 0.15) is 23.4 Å². The summed E-state index contributed by atoms with van der Waals surface area (Å²) >= 11 is 3.30. The zero-order chi connectivity index (χ0) is 14.8. The molecule has 21 heavy (non-hydrogen) atoms. The molecule has 1 N–H and O–H groups in total. The van der Waals surface area contributed by atoms with Crippen molar-refractivity contribution in [2.75, 3.05) is 11.9 Å². The Morgan fingerprint density at radius 2 is 2.33 bits per heavy atom. The fraction of sp³-hybridized carbons (Fsp3) is 0.200. The summed E-state index contributed by atoms with van der Waals surface area (Å²) in [5, 5.41) is 7.33. The molecule has 1 aromatic carbocycles. The standard InChI is InChI=1S/C15H12BrN3O2/c1-2-7-19-15(20)14(16)11(8-17-19)18-12-9-21-13-6-4-3-5-10(12)13/h1,3-6,8,12,18H,7,9H2. The number of anilines is 1. The molecule has 0 aliphatic carbocycles. The van der Waals surface area contributed by atoms with Crippen LogP contribution in [0.2, 0.25) is 0 Å². The maximum atomic E-state index is 12.1. The number of para-hydroxylation sites is 1. The first-order valence-corrected chi connectivity index (χ1v) is 7.17. The Kier molecular flexibility index (Phi) is 3.67. The summed E-state index contributed by atoms with van der Waals surface area (Å²) < 4.78 is 7.25. The molecular weight excluding hydrogens is 334 g/mol. The van der Waals surface area contributed by atoms with Crippen LogP contribution in [0.4, 0.5) is 5.69 Å². The van der Waals surface area contributed by atoms with Crippen LogP contribution in [0.15, 0.2) is 39.7 Å². The van der Waals surface area contributed by atoms with Gasteiger partial charge in [0.25, 0.3) is 5.56 Å². The van der Waals surface area contributed by atoms with Crippen molar-refractivity contribution in [3.05, 3.63) is 50.9 Å². The van der Waals surface area contributed by atoms with Gasteiger partial charge in [0.05, 0.1) is 17.9 Å². The van der Waals surface area contributed by atoms with Crippen molar-refractivity contribution < 1.29 is 4.74 Å². The number of aromatic nitrogens is 2. The van der Waals surface area contributed by atoms with Crippen LogP contribution in [-0.4, -0.2) is 16.4 Å². The predicted octanol–water partition coefficient (Wildman–Crippen LogP) is 2.18. The molecule has 3 rings (SSSR count). The van der Waals surface area contributed by atoms with E-state index >= 15 is 0 Å². The molecule has 1 aliphatic heterocycles. The molecule has 0 saturated carbocycles. The van der Waals surface area contributed by atoms with Crippen LogP contribution in [0.1, 0.15) is 11.6 Å². The van der Waals surface area contributed by atoms with Gasteiger partial charge in [-0.2, -0.15) is 5.10 Å². The van der Waals surface area contributed by atoms with Gasteiger partial charge in [-0.15, -0.1) is 6.42 Å². The molecule has 2 heterocycles. The van der Waals surface area contributed by atoms with Crippen LogP contribution >= 0.6 is 15.9 Å². The zero-order valence-corrected chi connectivity index (χ0v) is 12.6. The van der Waals surface area contributed by atoms with Crippen LogP contribution in [0.25, 0.3) is 0 Å². The second-order valence-electron chi connectivity index (χ2n) is 4.58. The van der Waals surface area contributed by atoms with Crippen LogP contribution in [0, 0.1) is 12.3 Å². The number of nitrogens with one attached hydrogen (secondary N) is 1. The lowest BCUT2D eigenvalue weighted by atomic mass is 10.1. The van der Waals surface area contributed by atoms with Crippen molar-refractivity contribution in [1.29, 1.82) is 0 Å². The Hall–Kier alpha value is -2.26. The number of hydrogen-bond acceptors (Lipinski definition) is 4. The summed E-state index contributed by atoms with van der Waals surface area (Å²) in [5.41, 5.74) is 1.43. The number of rotatable bonds is 3. The zero-order valence-electron chi connectivity index (χ0n) is 11.0. The number of nitrogens with zero attached hydrogens (tertiary/aromatic N) is 2. The molecule has 5 nitrogen and oxygen atoms in total. The van der Waals surface area contributed by atoms with Gasteiger partial charge in [-0.25, -0.2) is 4.68 Å². The Bertz CT molecular complexity index is 779. The minimum Gasteiger partial charge on any atom is -0.491 e. The van der Waals surface area contributed by atoms with E-state index in [4.69, 9.17) is 11.2 Å². The van der Waals surface area contributed by atoms with E-state index in [0.717, 1.165) is 11.3 Å². The lowest BCUT2D eigenvalue weighted by Gasteiger charge is -2.14. The minimum atomic E-state index is -0.259. The van der Waals surface area contributed by atoms with Crippen LogP contribution in [-0.2, 0) is 6.54 Å². The molecule has 6 heteroatoms. The summed E-state index contributed by atoms with van der Waals surface area (Å²) in [4.78, 5) is 12.1. The van der Waals surface area contributed by atoms with Gasteiger partial charge in [0, 0.05) is 5.56 Å². The highest BCUT2D eigenvalue weighted by Crippen LogP contribution is 2.34. The molecule has 1 atom stereocenters. The first-order chi connectivity index (χ1) is 10.2. The molecule has 0 spiro atoms. The largest absolute Gasteiger partial charge is 0.491 e. The molecule has 0 radical (unpaired) electrons. The van der Waals surface area contributed by atoms with Gasteiger partial charge in [0.2, 0.25) is 0 Å². The Morgan fingerprint density at radius 1 is 1.52 bits per heavy atom. The van der Waals surface area contributed by atoms with Crippen molar-refractivity contribution in [2.24, 2.45) is 0 Å². The normalized spacial score (nSPS) is 15.9. The van der Waals surface area contributed by atoms with Crippen LogP contribution < -0.4 is 15.6 Å². The van der Waals surface area contributed by atoms with E-state index in [9.17, 15) is 4.79 Å². The highest BCUT2D eigenvalue weighted by molar-refractivity contribution is 9.10. The molecular formula is C15H12BrN3O2. The smallest absolute Gasteiger partial charge is 0.284 e. The maximum Gasteiger partial charge on any atom is 0.284 e. The molecule has 106 valence electrons. The van der Waals surface area contributed by atoms with E-state index in [1.54, 1.807) is 6.20 Å². The summed E-state index contributed by atoms with van der Waals surface area (Å²) in [6.07, 6.45) is 6.79. The number of fused-ring (bicyclic) bond motifs is 1. The Morgan fingerprint density at radius 3 is 3.14 bits per heavy atom. The van der Waals surface area contributed by atoms with E-state index in [2.05, 4.69) is 32.3 Å². The lowest BCUT2D eigenvalue weighted by molar-refractivity contribution is 0.339. The summed E-state index contributed by atoms with van der Waals surface area (Å²) in [5.74, 6) is 3.26. The predicted molar refractivity (Wildman–Crippen MR) is 83.3 cm³/mol. The molecule has 1 aliphatic rings. The van der Waals surface area contributed by atoms with Crippen molar-refractivity contribution in [1.82, 2.24) is 9.78 Å². The summed E-state index contributed by atoms with van der Waals surface area (Å²) in [7, 11) is 0. The third-order valence-electron chi connectivity index (χ3n) is 3.26. The van der Waals surface area contributed by atoms with Crippen molar-refractivity contribution in [3.63, 3.8) is 0 Å². The van der Waals surface area contributed by atoms with Gasteiger partial charge >= 0.3 is 0 Å². The summed E-state index contributed by atoms with van der Waals surface area (Å²) in [6, 6.07) is 7.80. The third-order valence-corrected chi connectivity index (χ3v) is 4.02. The minimum absolute atomic E-state index is 0.0119. The average molecular weight is 346 g/mol. The van der Waals surface area contributed by atoms with Gasteiger partial charge in [-0.1, -0.05) is 24.1 Å². The number of ether oxygens (including phenoxy) is 1. The van der Waals surface area contributed by atoms with E-state index < -0.39 is 0 Å². The first-order valence-electron chi connectivity index (χ1n) is 6.38. The monoisotopic (exact) mass is 345 g/mol. The Labute approximate surface area is 130 Å². The van der Waals surface area contributed by atoms with Gasteiger partial charge in [0.15, 0.2) is 0 Å². The summed E-state index contributed by atoms with van der Waals surface area (Å²) in [6.45, 7) is 0.659. The number of benzene rings is 1.